The van der Waals surface area contributed by atoms with Crippen molar-refractivity contribution in [2.24, 2.45) is 0 Å². The maximum atomic E-state index is 13.5. The summed E-state index contributed by atoms with van der Waals surface area (Å²) >= 11 is 0. The minimum absolute atomic E-state index is 0.0863. The van der Waals surface area contributed by atoms with E-state index in [0.717, 1.165) is 6.07 Å². The smallest absolute Gasteiger partial charge is 0.165 e. The molecule has 0 amide bonds. The van der Waals surface area contributed by atoms with Gasteiger partial charge in [-0.1, -0.05) is 37.3 Å². The molecular formula is C16H16F2O2. The fraction of sp³-hybridized carbons (Fsp3) is 0.250. The van der Waals surface area contributed by atoms with Crippen molar-refractivity contribution in [1.82, 2.24) is 0 Å². The Morgan fingerprint density at radius 3 is 2.60 bits per heavy atom. The van der Waals surface area contributed by atoms with E-state index in [9.17, 15) is 13.9 Å². The molecule has 2 aromatic carbocycles. The first-order valence-electron chi connectivity index (χ1n) is 6.46. The molecule has 20 heavy (non-hydrogen) atoms. The summed E-state index contributed by atoms with van der Waals surface area (Å²) in [6.45, 7) is 1.77. The molecule has 1 atom stereocenters. The Morgan fingerprint density at radius 2 is 1.85 bits per heavy atom. The highest BCUT2D eigenvalue weighted by atomic mass is 19.2. The molecule has 0 radical (unpaired) electrons. The van der Waals surface area contributed by atoms with Crippen molar-refractivity contribution in [1.29, 1.82) is 0 Å². The quantitative estimate of drug-likeness (QED) is 0.896. The number of halogens is 2. The SMILES string of the molecule is CCC(O)c1ccccc1OCc1cccc(F)c1F. The highest BCUT2D eigenvalue weighted by molar-refractivity contribution is 5.35. The standard InChI is InChI=1S/C16H16F2O2/c1-2-14(19)12-7-3-4-9-15(12)20-10-11-6-5-8-13(17)16(11)18/h3-9,14,19H,2,10H2,1H3. The first kappa shape index (κ1) is 14.5. The second-order valence-electron chi connectivity index (χ2n) is 4.46. The molecule has 106 valence electrons. The summed E-state index contributed by atoms with van der Waals surface area (Å²) in [5.41, 5.74) is 0.789. The molecular weight excluding hydrogens is 262 g/mol. The van der Waals surface area contributed by atoms with Gasteiger partial charge in [-0.15, -0.1) is 0 Å². The average molecular weight is 278 g/mol. The fourth-order valence-corrected chi connectivity index (χ4v) is 1.92. The van der Waals surface area contributed by atoms with Gasteiger partial charge in [0.1, 0.15) is 12.4 Å². The van der Waals surface area contributed by atoms with E-state index < -0.39 is 17.7 Å². The molecule has 0 aliphatic carbocycles. The Hall–Kier alpha value is -1.94. The van der Waals surface area contributed by atoms with Gasteiger partial charge in [-0.3, -0.25) is 0 Å². The van der Waals surface area contributed by atoms with E-state index >= 15 is 0 Å². The Balaban J connectivity index is 2.17. The minimum atomic E-state index is -0.902. The van der Waals surface area contributed by atoms with E-state index in [1.807, 2.05) is 6.92 Å². The Bertz CT molecular complexity index is 584. The van der Waals surface area contributed by atoms with E-state index in [1.54, 1.807) is 24.3 Å². The van der Waals surface area contributed by atoms with Crippen LogP contribution >= 0.6 is 0 Å². The number of hydrogen-bond donors (Lipinski definition) is 1. The molecule has 2 aromatic rings. The maximum absolute atomic E-state index is 13.5. The van der Waals surface area contributed by atoms with Crippen molar-refractivity contribution in [2.75, 3.05) is 0 Å². The van der Waals surface area contributed by atoms with Gasteiger partial charge in [0.05, 0.1) is 6.10 Å². The summed E-state index contributed by atoms with van der Waals surface area (Å²) in [5, 5.41) is 9.89. The van der Waals surface area contributed by atoms with Gasteiger partial charge in [-0.2, -0.15) is 0 Å². The van der Waals surface area contributed by atoms with Crippen molar-refractivity contribution in [2.45, 2.75) is 26.1 Å². The fourth-order valence-electron chi connectivity index (χ4n) is 1.92. The maximum Gasteiger partial charge on any atom is 0.165 e. The van der Waals surface area contributed by atoms with Crippen LogP contribution in [0.3, 0.4) is 0 Å². The van der Waals surface area contributed by atoms with Crippen molar-refractivity contribution in [3.63, 3.8) is 0 Å². The molecule has 0 fully saturated rings. The summed E-state index contributed by atoms with van der Waals surface area (Å²) in [5.74, 6) is -1.32. The molecule has 2 rings (SSSR count). The zero-order valence-corrected chi connectivity index (χ0v) is 11.1. The van der Waals surface area contributed by atoms with E-state index in [4.69, 9.17) is 4.74 Å². The number of ether oxygens (including phenoxy) is 1. The van der Waals surface area contributed by atoms with Crippen LogP contribution in [0, 0.1) is 11.6 Å². The van der Waals surface area contributed by atoms with Gasteiger partial charge in [-0.25, -0.2) is 8.78 Å². The molecule has 2 nitrogen and oxygen atoms in total. The van der Waals surface area contributed by atoms with E-state index in [2.05, 4.69) is 0 Å². The van der Waals surface area contributed by atoms with Crippen molar-refractivity contribution >= 4 is 0 Å². The molecule has 0 saturated carbocycles. The Morgan fingerprint density at radius 1 is 1.10 bits per heavy atom. The van der Waals surface area contributed by atoms with Crippen LogP contribution in [0.4, 0.5) is 8.78 Å². The molecule has 4 heteroatoms. The molecule has 0 aromatic heterocycles. The molecule has 0 saturated heterocycles. The van der Waals surface area contributed by atoms with Crippen LogP contribution < -0.4 is 4.74 Å². The van der Waals surface area contributed by atoms with Crippen molar-refractivity contribution in [3.05, 3.63) is 65.2 Å². The Labute approximate surface area is 116 Å². The molecule has 1 N–H and O–H groups in total. The normalized spacial score (nSPS) is 12.2. The largest absolute Gasteiger partial charge is 0.488 e. The second-order valence-corrected chi connectivity index (χ2v) is 4.46. The third-order valence-electron chi connectivity index (χ3n) is 3.08. The van der Waals surface area contributed by atoms with Crippen molar-refractivity contribution < 1.29 is 18.6 Å². The lowest BCUT2D eigenvalue weighted by Gasteiger charge is -2.15. The van der Waals surface area contributed by atoms with Gasteiger partial charge in [0.25, 0.3) is 0 Å². The number of aliphatic hydroxyl groups is 1. The zero-order valence-electron chi connectivity index (χ0n) is 11.1. The minimum Gasteiger partial charge on any atom is -0.488 e. The lowest BCUT2D eigenvalue weighted by molar-refractivity contribution is 0.166. The third kappa shape index (κ3) is 3.14. The summed E-state index contributed by atoms with van der Waals surface area (Å²) in [6, 6.07) is 11.0. The predicted molar refractivity (Wildman–Crippen MR) is 72.4 cm³/mol. The van der Waals surface area contributed by atoms with Gasteiger partial charge in [0.15, 0.2) is 11.6 Å². The zero-order chi connectivity index (χ0) is 14.5. The van der Waals surface area contributed by atoms with Crippen LogP contribution in [0.2, 0.25) is 0 Å². The molecule has 0 aliphatic heterocycles. The van der Waals surface area contributed by atoms with Crippen LogP contribution in [0.5, 0.6) is 5.75 Å². The highest BCUT2D eigenvalue weighted by Crippen LogP contribution is 2.27. The lowest BCUT2D eigenvalue weighted by Crippen LogP contribution is -2.04. The second kappa shape index (κ2) is 6.48. The molecule has 0 aliphatic rings. The summed E-state index contributed by atoms with van der Waals surface area (Å²) in [7, 11) is 0. The summed E-state index contributed by atoms with van der Waals surface area (Å²) in [4.78, 5) is 0. The monoisotopic (exact) mass is 278 g/mol. The molecule has 0 heterocycles. The molecule has 0 bridgehead atoms. The van der Waals surface area contributed by atoms with Gasteiger partial charge >= 0.3 is 0 Å². The van der Waals surface area contributed by atoms with Crippen LogP contribution in [0.25, 0.3) is 0 Å². The van der Waals surface area contributed by atoms with Gasteiger partial charge in [0.2, 0.25) is 0 Å². The number of para-hydroxylation sites is 1. The topological polar surface area (TPSA) is 29.5 Å². The number of hydrogen-bond acceptors (Lipinski definition) is 2. The van der Waals surface area contributed by atoms with Gasteiger partial charge < -0.3 is 9.84 Å². The van der Waals surface area contributed by atoms with Crippen LogP contribution in [-0.4, -0.2) is 5.11 Å². The van der Waals surface area contributed by atoms with Gasteiger partial charge in [0, 0.05) is 11.1 Å². The number of benzene rings is 2. The van der Waals surface area contributed by atoms with Crippen LogP contribution in [0.1, 0.15) is 30.6 Å². The van der Waals surface area contributed by atoms with E-state index in [-0.39, 0.29) is 12.2 Å². The third-order valence-corrected chi connectivity index (χ3v) is 3.08. The molecule has 0 spiro atoms. The predicted octanol–water partition coefficient (Wildman–Crippen LogP) is 3.99. The van der Waals surface area contributed by atoms with Crippen LogP contribution in [0.15, 0.2) is 42.5 Å². The number of rotatable bonds is 5. The summed E-state index contributed by atoms with van der Waals surface area (Å²) in [6.07, 6.45) is -0.0853. The lowest BCUT2D eigenvalue weighted by atomic mass is 10.1. The number of aliphatic hydroxyl groups excluding tert-OH is 1. The van der Waals surface area contributed by atoms with E-state index in [0.29, 0.717) is 17.7 Å². The van der Waals surface area contributed by atoms with E-state index in [1.165, 1.54) is 12.1 Å². The first-order valence-corrected chi connectivity index (χ1v) is 6.46. The van der Waals surface area contributed by atoms with Crippen LogP contribution in [-0.2, 0) is 6.61 Å². The average Bonchev–Trinajstić information content (AvgIpc) is 2.48. The van der Waals surface area contributed by atoms with Crippen molar-refractivity contribution in [3.8, 4) is 5.75 Å². The Kier molecular flexibility index (Phi) is 4.69. The highest BCUT2D eigenvalue weighted by Gasteiger charge is 2.13. The molecule has 1 unspecified atom stereocenters. The summed E-state index contributed by atoms with van der Waals surface area (Å²) < 4.78 is 32.1. The van der Waals surface area contributed by atoms with Gasteiger partial charge in [-0.05, 0) is 18.6 Å². The first-order chi connectivity index (χ1) is 9.63.